The van der Waals surface area contributed by atoms with Crippen LogP contribution in [0.15, 0.2) is 12.1 Å². The van der Waals surface area contributed by atoms with Crippen molar-refractivity contribution in [3.05, 3.63) is 17.8 Å². The lowest BCUT2D eigenvalue weighted by Gasteiger charge is -2.31. The first-order valence-corrected chi connectivity index (χ1v) is 5.62. The summed E-state index contributed by atoms with van der Waals surface area (Å²) in [5.41, 5.74) is 6.97. The number of hydrogen-bond acceptors (Lipinski definition) is 4. The average molecular weight is 206 g/mol. The maximum Gasteiger partial charge on any atom is 0.151 e. The molecule has 0 amide bonds. The van der Waals surface area contributed by atoms with E-state index in [1.807, 2.05) is 12.1 Å². The summed E-state index contributed by atoms with van der Waals surface area (Å²) in [6.07, 6.45) is 3.21. The van der Waals surface area contributed by atoms with Gasteiger partial charge in [-0.3, -0.25) is 0 Å². The van der Waals surface area contributed by atoms with Crippen molar-refractivity contribution in [3.8, 4) is 0 Å². The molecule has 0 saturated carbocycles. The fourth-order valence-corrected chi connectivity index (χ4v) is 1.93. The van der Waals surface area contributed by atoms with Gasteiger partial charge in [-0.15, -0.1) is 5.10 Å². The van der Waals surface area contributed by atoms with Crippen molar-refractivity contribution in [3.63, 3.8) is 0 Å². The number of anilines is 1. The fraction of sp³-hybridized carbons (Fsp3) is 0.636. The quantitative estimate of drug-likeness (QED) is 0.783. The minimum absolute atomic E-state index is 0.284. The van der Waals surface area contributed by atoms with Crippen molar-refractivity contribution in [2.24, 2.45) is 5.73 Å². The number of aryl methyl sites for hydroxylation is 1. The van der Waals surface area contributed by atoms with Crippen LogP contribution in [0.25, 0.3) is 0 Å². The van der Waals surface area contributed by atoms with Crippen LogP contribution in [0, 0.1) is 0 Å². The Bertz CT molecular complexity index is 309. The van der Waals surface area contributed by atoms with Gasteiger partial charge in [0.2, 0.25) is 0 Å². The van der Waals surface area contributed by atoms with Crippen molar-refractivity contribution in [2.45, 2.75) is 32.2 Å². The van der Waals surface area contributed by atoms with E-state index in [0.717, 1.165) is 43.9 Å². The number of nitrogens with zero attached hydrogens (tertiary/aromatic N) is 3. The van der Waals surface area contributed by atoms with Crippen LogP contribution in [0.1, 0.15) is 25.5 Å². The van der Waals surface area contributed by atoms with Gasteiger partial charge in [0.1, 0.15) is 0 Å². The number of aromatic nitrogens is 2. The lowest BCUT2D eigenvalue weighted by molar-refractivity contribution is 0.501. The topological polar surface area (TPSA) is 55.0 Å². The highest BCUT2D eigenvalue weighted by atomic mass is 15.3. The zero-order valence-electron chi connectivity index (χ0n) is 9.19. The van der Waals surface area contributed by atoms with Crippen molar-refractivity contribution >= 4 is 5.82 Å². The third-order valence-corrected chi connectivity index (χ3v) is 2.85. The Morgan fingerprint density at radius 3 is 2.93 bits per heavy atom. The predicted octanol–water partition coefficient (Wildman–Crippen LogP) is 0.966. The van der Waals surface area contributed by atoms with Gasteiger partial charge < -0.3 is 10.6 Å². The summed E-state index contributed by atoms with van der Waals surface area (Å²) in [5, 5.41) is 8.39. The SMILES string of the molecule is CCc1ccc(N2CCCC(N)C2)nn1. The summed E-state index contributed by atoms with van der Waals surface area (Å²) in [6.45, 7) is 4.04. The van der Waals surface area contributed by atoms with E-state index in [9.17, 15) is 0 Å². The second-order valence-corrected chi connectivity index (χ2v) is 4.08. The van der Waals surface area contributed by atoms with Crippen LogP contribution in [0.5, 0.6) is 0 Å². The highest BCUT2D eigenvalue weighted by molar-refractivity contribution is 5.38. The zero-order valence-corrected chi connectivity index (χ0v) is 9.19. The Kier molecular flexibility index (Phi) is 3.16. The molecule has 1 atom stereocenters. The first kappa shape index (κ1) is 10.4. The van der Waals surface area contributed by atoms with E-state index in [1.165, 1.54) is 0 Å². The summed E-state index contributed by atoms with van der Waals surface area (Å²) in [4.78, 5) is 2.22. The second-order valence-electron chi connectivity index (χ2n) is 4.08. The molecule has 1 aromatic heterocycles. The first-order valence-electron chi connectivity index (χ1n) is 5.62. The van der Waals surface area contributed by atoms with Gasteiger partial charge in [-0.1, -0.05) is 6.92 Å². The van der Waals surface area contributed by atoms with Gasteiger partial charge in [-0.25, -0.2) is 0 Å². The third kappa shape index (κ3) is 2.45. The minimum Gasteiger partial charge on any atom is -0.354 e. The van der Waals surface area contributed by atoms with Crippen LogP contribution < -0.4 is 10.6 Å². The second kappa shape index (κ2) is 4.57. The molecule has 4 heteroatoms. The molecule has 0 bridgehead atoms. The number of nitrogens with two attached hydrogens (primary N) is 1. The molecule has 2 N–H and O–H groups in total. The zero-order chi connectivity index (χ0) is 10.7. The summed E-state index contributed by atoms with van der Waals surface area (Å²) < 4.78 is 0. The molecule has 0 spiro atoms. The van der Waals surface area contributed by atoms with Crippen LogP contribution in [0.4, 0.5) is 5.82 Å². The number of hydrogen-bond donors (Lipinski definition) is 1. The monoisotopic (exact) mass is 206 g/mol. The largest absolute Gasteiger partial charge is 0.354 e. The van der Waals surface area contributed by atoms with Gasteiger partial charge in [0.25, 0.3) is 0 Å². The van der Waals surface area contributed by atoms with E-state index in [4.69, 9.17) is 5.73 Å². The Hall–Kier alpha value is -1.16. The van der Waals surface area contributed by atoms with E-state index in [0.29, 0.717) is 0 Å². The molecule has 2 rings (SSSR count). The van der Waals surface area contributed by atoms with E-state index in [2.05, 4.69) is 22.0 Å². The highest BCUT2D eigenvalue weighted by Gasteiger charge is 2.17. The molecule has 0 aromatic carbocycles. The molecule has 1 saturated heterocycles. The molecule has 82 valence electrons. The van der Waals surface area contributed by atoms with Crippen molar-refractivity contribution in [2.75, 3.05) is 18.0 Å². The van der Waals surface area contributed by atoms with E-state index >= 15 is 0 Å². The summed E-state index contributed by atoms with van der Waals surface area (Å²) in [7, 11) is 0. The molecular weight excluding hydrogens is 188 g/mol. The van der Waals surface area contributed by atoms with Crippen LogP contribution in [0.3, 0.4) is 0 Å². The molecule has 1 aromatic rings. The molecule has 1 fully saturated rings. The van der Waals surface area contributed by atoms with Gasteiger partial charge in [0.05, 0.1) is 5.69 Å². The van der Waals surface area contributed by atoms with Crippen LogP contribution >= 0.6 is 0 Å². The van der Waals surface area contributed by atoms with Crippen molar-refractivity contribution in [1.82, 2.24) is 10.2 Å². The predicted molar refractivity (Wildman–Crippen MR) is 60.8 cm³/mol. The molecule has 15 heavy (non-hydrogen) atoms. The van der Waals surface area contributed by atoms with Crippen molar-refractivity contribution < 1.29 is 0 Å². The molecule has 0 aliphatic carbocycles. The van der Waals surface area contributed by atoms with Crippen LogP contribution in [-0.4, -0.2) is 29.3 Å². The van der Waals surface area contributed by atoms with Crippen LogP contribution in [0.2, 0.25) is 0 Å². The van der Waals surface area contributed by atoms with Crippen LogP contribution in [-0.2, 0) is 6.42 Å². The van der Waals surface area contributed by atoms with Gasteiger partial charge >= 0.3 is 0 Å². The maximum atomic E-state index is 5.93. The van der Waals surface area contributed by atoms with Gasteiger partial charge in [-0.2, -0.15) is 5.10 Å². The highest BCUT2D eigenvalue weighted by Crippen LogP contribution is 2.16. The smallest absolute Gasteiger partial charge is 0.151 e. The first-order chi connectivity index (χ1) is 7.29. The minimum atomic E-state index is 0.284. The Labute approximate surface area is 90.5 Å². The van der Waals surface area contributed by atoms with Gasteiger partial charge in [0.15, 0.2) is 5.82 Å². The molecule has 1 aliphatic heterocycles. The molecule has 1 unspecified atom stereocenters. The lowest BCUT2D eigenvalue weighted by atomic mass is 10.1. The number of piperidine rings is 1. The Morgan fingerprint density at radius 1 is 1.47 bits per heavy atom. The summed E-state index contributed by atoms with van der Waals surface area (Å²) >= 11 is 0. The summed E-state index contributed by atoms with van der Waals surface area (Å²) in [5.74, 6) is 0.961. The number of rotatable bonds is 2. The molecule has 2 heterocycles. The molecule has 4 nitrogen and oxygen atoms in total. The third-order valence-electron chi connectivity index (χ3n) is 2.85. The van der Waals surface area contributed by atoms with E-state index in [-0.39, 0.29) is 6.04 Å². The van der Waals surface area contributed by atoms with Gasteiger partial charge in [0, 0.05) is 19.1 Å². The average Bonchev–Trinajstić information content (AvgIpc) is 2.29. The fourth-order valence-electron chi connectivity index (χ4n) is 1.93. The van der Waals surface area contributed by atoms with Crippen molar-refractivity contribution in [1.29, 1.82) is 0 Å². The van der Waals surface area contributed by atoms with E-state index in [1.54, 1.807) is 0 Å². The summed E-state index contributed by atoms with van der Waals surface area (Å²) in [6, 6.07) is 4.37. The molecule has 1 aliphatic rings. The standard InChI is InChI=1S/C11H18N4/c1-2-10-5-6-11(14-13-10)15-7-3-4-9(12)8-15/h5-6,9H,2-4,7-8,12H2,1H3. The van der Waals surface area contributed by atoms with Gasteiger partial charge in [-0.05, 0) is 31.4 Å². The molecule has 0 radical (unpaired) electrons. The molecular formula is C11H18N4. The lowest BCUT2D eigenvalue weighted by Crippen LogP contribution is -2.43. The maximum absolute atomic E-state index is 5.93. The Morgan fingerprint density at radius 2 is 2.33 bits per heavy atom. The normalized spacial score (nSPS) is 21.7. The Balaban J connectivity index is 2.07. The van der Waals surface area contributed by atoms with E-state index < -0.39 is 0 Å².